The molecule has 0 aliphatic carbocycles. The summed E-state index contributed by atoms with van der Waals surface area (Å²) in [6.07, 6.45) is 0.837. The predicted octanol–water partition coefficient (Wildman–Crippen LogP) is 5.73. The second-order valence-electron chi connectivity index (χ2n) is 4.74. The first kappa shape index (κ1) is 15.4. The van der Waals surface area contributed by atoms with Gasteiger partial charge in [0.25, 0.3) is 0 Å². The van der Waals surface area contributed by atoms with Crippen LogP contribution in [0, 0.1) is 6.92 Å². The van der Waals surface area contributed by atoms with Gasteiger partial charge in [0, 0.05) is 15.4 Å². The van der Waals surface area contributed by atoms with E-state index in [0.29, 0.717) is 6.61 Å². The summed E-state index contributed by atoms with van der Waals surface area (Å²) in [6.45, 7) is 4.76. The Hall–Kier alpha value is -0.990. The molecule has 2 rings (SSSR count). The van der Waals surface area contributed by atoms with Gasteiger partial charge in [-0.3, -0.25) is 0 Å². The molecule has 0 saturated heterocycles. The van der Waals surface area contributed by atoms with E-state index in [9.17, 15) is 0 Å². The molecule has 0 saturated carbocycles. The van der Waals surface area contributed by atoms with Gasteiger partial charge in [-0.05, 0) is 38.0 Å². The third-order valence-corrected chi connectivity index (χ3v) is 4.35. The van der Waals surface area contributed by atoms with Crippen molar-refractivity contribution < 1.29 is 4.74 Å². The average Bonchev–Trinajstić information content (AvgIpc) is 2.43. The molecule has 20 heavy (non-hydrogen) atoms. The molecule has 2 aromatic carbocycles. The number of benzene rings is 2. The molecule has 0 aliphatic heterocycles. The Kier molecular flexibility index (Phi) is 5.50. The monoisotopic (exact) mass is 352 g/mol. The first-order chi connectivity index (χ1) is 9.61. The standard InChI is InChI=1S/C17H18BrClO/c1-3-20-17-9-8-12(2)10-14(17)15(18)11-13-6-4-5-7-16(13)19/h4-10,15H,3,11H2,1-2H3. The summed E-state index contributed by atoms with van der Waals surface area (Å²) in [6, 6.07) is 14.2. The molecule has 0 aromatic heterocycles. The fourth-order valence-corrected chi connectivity index (χ4v) is 3.09. The summed E-state index contributed by atoms with van der Waals surface area (Å²) in [5.41, 5.74) is 3.54. The lowest BCUT2D eigenvalue weighted by Gasteiger charge is -2.16. The molecule has 0 fully saturated rings. The fourth-order valence-electron chi connectivity index (χ4n) is 2.17. The van der Waals surface area contributed by atoms with Crippen molar-refractivity contribution in [3.05, 3.63) is 64.2 Å². The summed E-state index contributed by atoms with van der Waals surface area (Å²) < 4.78 is 5.72. The molecule has 2 aromatic rings. The maximum atomic E-state index is 6.24. The summed E-state index contributed by atoms with van der Waals surface area (Å²) >= 11 is 10.0. The number of ether oxygens (including phenoxy) is 1. The van der Waals surface area contributed by atoms with E-state index in [0.717, 1.165) is 22.8 Å². The van der Waals surface area contributed by atoms with E-state index < -0.39 is 0 Å². The van der Waals surface area contributed by atoms with Gasteiger partial charge in [-0.2, -0.15) is 0 Å². The number of hydrogen-bond acceptors (Lipinski definition) is 1. The summed E-state index contributed by atoms with van der Waals surface area (Å²) in [5, 5.41) is 0.808. The highest BCUT2D eigenvalue weighted by molar-refractivity contribution is 9.09. The number of alkyl halides is 1. The Bertz CT molecular complexity index is 583. The SMILES string of the molecule is CCOc1ccc(C)cc1C(Br)Cc1ccccc1Cl. The van der Waals surface area contributed by atoms with Crippen molar-refractivity contribution in [3.8, 4) is 5.75 Å². The number of aryl methyl sites for hydroxylation is 1. The first-order valence-corrected chi connectivity index (χ1v) is 8.02. The van der Waals surface area contributed by atoms with Crippen molar-refractivity contribution in [2.45, 2.75) is 25.1 Å². The number of hydrogen-bond donors (Lipinski definition) is 0. The zero-order chi connectivity index (χ0) is 14.5. The van der Waals surface area contributed by atoms with E-state index in [1.807, 2.05) is 31.2 Å². The molecule has 1 nitrogen and oxygen atoms in total. The minimum Gasteiger partial charge on any atom is -0.494 e. The van der Waals surface area contributed by atoms with Gasteiger partial charge in [0.2, 0.25) is 0 Å². The lowest BCUT2D eigenvalue weighted by molar-refractivity contribution is 0.336. The molecule has 0 heterocycles. The quantitative estimate of drug-likeness (QED) is 0.624. The van der Waals surface area contributed by atoms with Crippen molar-refractivity contribution in [3.63, 3.8) is 0 Å². The number of halogens is 2. The van der Waals surface area contributed by atoms with Gasteiger partial charge in [-0.25, -0.2) is 0 Å². The largest absolute Gasteiger partial charge is 0.494 e. The van der Waals surface area contributed by atoms with Gasteiger partial charge in [0.1, 0.15) is 5.75 Å². The van der Waals surface area contributed by atoms with Crippen LogP contribution in [0.4, 0.5) is 0 Å². The highest BCUT2D eigenvalue weighted by Gasteiger charge is 2.15. The molecule has 0 spiro atoms. The third kappa shape index (κ3) is 3.77. The maximum Gasteiger partial charge on any atom is 0.123 e. The summed E-state index contributed by atoms with van der Waals surface area (Å²) in [5.74, 6) is 0.937. The van der Waals surface area contributed by atoms with Crippen LogP contribution in [0.2, 0.25) is 5.02 Å². The molecule has 1 atom stereocenters. The van der Waals surface area contributed by atoms with Crippen LogP contribution in [0.15, 0.2) is 42.5 Å². The number of rotatable bonds is 5. The van der Waals surface area contributed by atoms with Gasteiger partial charge in [0.05, 0.1) is 6.61 Å². The van der Waals surface area contributed by atoms with Crippen LogP contribution in [0.3, 0.4) is 0 Å². The summed E-state index contributed by atoms with van der Waals surface area (Å²) in [4.78, 5) is 0.184. The van der Waals surface area contributed by atoms with Crippen molar-refractivity contribution in [2.24, 2.45) is 0 Å². The lowest BCUT2D eigenvalue weighted by Crippen LogP contribution is -2.02. The molecule has 0 radical (unpaired) electrons. The highest BCUT2D eigenvalue weighted by Crippen LogP contribution is 2.35. The smallest absolute Gasteiger partial charge is 0.123 e. The Labute approximate surface area is 134 Å². The van der Waals surface area contributed by atoms with Crippen LogP contribution in [0.5, 0.6) is 5.75 Å². The van der Waals surface area contributed by atoms with Crippen LogP contribution in [0.25, 0.3) is 0 Å². The minimum atomic E-state index is 0.184. The van der Waals surface area contributed by atoms with Gasteiger partial charge in [-0.1, -0.05) is 63.4 Å². The Morgan fingerprint density at radius 2 is 1.95 bits per heavy atom. The topological polar surface area (TPSA) is 9.23 Å². The van der Waals surface area contributed by atoms with Crippen molar-refractivity contribution in [1.82, 2.24) is 0 Å². The second kappa shape index (κ2) is 7.14. The lowest BCUT2D eigenvalue weighted by atomic mass is 10.0. The van der Waals surface area contributed by atoms with Gasteiger partial charge in [-0.15, -0.1) is 0 Å². The van der Waals surface area contributed by atoms with E-state index in [4.69, 9.17) is 16.3 Å². The van der Waals surface area contributed by atoms with Crippen LogP contribution < -0.4 is 4.74 Å². The van der Waals surface area contributed by atoms with E-state index >= 15 is 0 Å². The molecule has 1 unspecified atom stereocenters. The van der Waals surface area contributed by atoms with Crippen LogP contribution in [0.1, 0.15) is 28.4 Å². The first-order valence-electron chi connectivity index (χ1n) is 6.72. The molecule has 0 amide bonds. The van der Waals surface area contributed by atoms with E-state index in [2.05, 4.69) is 41.1 Å². The van der Waals surface area contributed by atoms with Gasteiger partial charge < -0.3 is 4.74 Å². The maximum absolute atomic E-state index is 6.24. The predicted molar refractivity (Wildman–Crippen MR) is 89.2 cm³/mol. The minimum absolute atomic E-state index is 0.184. The third-order valence-electron chi connectivity index (χ3n) is 3.16. The van der Waals surface area contributed by atoms with Crippen molar-refractivity contribution in [2.75, 3.05) is 6.61 Å². The molecule has 0 aliphatic rings. The van der Waals surface area contributed by atoms with Crippen LogP contribution in [-0.4, -0.2) is 6.61 Å². The van der Waals surface area contributed by atoms with Crippen molar-refractivity contribution in [1.29, 1.82) is 0 Å². The van der Waals surface area contributed by atoms with Crippen molar-refractivity contribution >= 4 is 27.5 Å². The molecule has 106 valence electrons. The second-order valence-corrected chi connectivity index (χ2v) is 6.25. The zero-order valence-electron chi connectivity index (χ0n) is 11.7. The van der Waals surface area contributed by atoms with Gasteiger partial charge in [0.15, 0.2) is 0 Å². The Morgan fingerprint density at radius 1 is 1.20 bits per heavy atom. The molecule has 0 N–H and O–H groups in total. The Morgan fingerprint density at radius 3 is 2.65 bits per heavy atom. The zero-order valence-corrected chi connectivity index (χ0v) is 14.0. The van der Waals surface area contributed by atoms with E-state index in [-0.39, 0.29) is 4.83 Å². The molecular formula is C17H18BrClO. The summed E-state index contributed by atoms with van der Waals surface area (Å²) in [7, 11) is 0. The van der Waals surface area contributed by atoms with Gasteiger partial charge >= 0.3 is 0 Å². The Balaban J connectivity index is 2.26. The molecule has 3 heteroatoms. The average molecular weight is 354 g/mol. The molecular weight excluding hydrogens is 336 g/mol. The molecule has 0 bridgehead atoms. The van der Waals surface area contributed by atoms with E-state index in [1.54, 1.807) is 0 Å². The highest BCUT2D eigenvalue weighted by atomic mass is 79.9. The fraction of sp³-hybridized carbons (Fsp3) is 0.294. The van der Waals surface area contributed by atoms with E-state index in [1.165, 1.54) is 11.1 Å². The normalized spacial score (nSPS) is 12.2. The van der Waals surface area contributed by atoms with Crippen LogP contribution in [-0.2, 0) is 6.42 Å². The van der Waals surface area contributed by atoms with Crippen LogP contribution >= 0.6 is 27.5 Å².